The van der Waals surface area contributed by atoms with Crippen molar-refractivity contribution in [1.29, 1.82) is 0 Å². The van der Waals surface area contributed by atoms with Gasteiger partial charge in [0.2, 0.25) is 0 Å². The molecule has 0 bridgehead atoms. The largest absolute Gasteiger partial charge is 0.196 e. The summed E-state index contributed by atoms with van der Waals surface area (Å²) < 4.78 is 1.83. The molecule has 0 aliphatic carbocycles. The van der Waals surface area contributed by atoms with Crippen molar-refractivity contribution in [3.05, 3.63) is 41.4 Å². The quantitative estimate of drug-likeness (QED) is 0.719. The summed E-state index contributed by atoms with van der Waals surface area (Å²) in [6.07, 6.45) is 1.01. The fourth-order valence-electron chi connectivity index (χ4n) is 2.16. The number of rotatable bonds is 3. The summed E-state index contributed by atoms with van der Waals surface area (Å²) in [6, 6.07) is 10.1. The number of nitrogens with zero attached hydrogens (tertiary/aromatic N) is 4. The van der Waals surface area contributed by atoms with Gasteiger partial charge in [-0.15, -0.1) is 10.2 Å². The monoisotopic (exact) mass is 252 g/mol. The minimum absolute atomic E-state index is 0.341. The molecular formula is C15H16N4. The SMILES string of the molecule is C=c1c(-c2ccccc2)nn2c(C(C)CC)nnc12. The van der Waals surface area contributed by atoms with Crippen LogP contribution in [-0.4, -0.2) is 19.8 Å². The number of hydrogen-bond donors (Lipinski definition) is 0. The van der Waals surface area contributed by atoms with Crippen LogP contribution in [-0.2, 0) is 0 Å². The van der Waals surface area contributed by atoms with Crippen molar-refractivity contribution in [3.8, 4) is 11.3 Å². The maximum Gasteiger partial charge on any atom is 0.186 e. The van der Waals surface area contributed by atoms with E-state index in [1.807, 2.05) is 34.8 Å². The Morgan fingerprint density at radius 3 is 2.63 bits per heavy atom. The predicted octanol–water partition coefficient (Wildman–Crippen LogP) is 2.43. The van der Waals surface area contributed by atoms with Crippen LogP contribution >= 0.6 is 0 Å². The van der Waals surface area contributed by atoms with E-state index in [-0.39, 0.29) is 0 Å². The molecule has 0 saturated carbocycles. The zero-order valence-corrected chi connectivity index (χ0v) is 11.2. The molecule has 1 unspecified atom stereocenters. The molecule has 0 saturated heterocycles. The first-order valence-electron chi connectivity index (χ1n) is 6.51. The summed E-state index contributed by atoms with van der Waals surface area (Å²) in [5.74, 6) is 1.25. The topological polar surface area (TPSA) is 43.1 Å². The van der Waals surface area contributed by atoms with Gasteiger partial charge < -0.3 is 0 Å². The van der Waals surface area contributed by atoms with Crippen molar-refractivity contribution in [2.45, 2.75) is 26.2 Å². The molecule has 0 N–H and O–H groups in total. The lowest BCUT2D eigenvalue weighted by Crippen LogP contribution is -2.00. The first-order chi connectivity index (χ1) is 9.22. The Morgan fingerprint density at radius 2 is 1.95 bits per heavy atom. The molecule has 4 heteroatoms. The molecule has 19 heavy (non-hydrogen) atoms. The maximum absolute atomic E-state index is 4.64. The van der Waals surface area contributed by atoms with Crippen LogP contribution in [0.25, 0.3) is 23.5 Å². The van der Waals surface area contributed by atoms with E-state index in [2.05, 4.69) is 35.7 Å². The highest BCUT2D eigenvalue weighted by atomic mass is 15.4. The molecule has 0 fully saturated rings. The van der Waals surface area contributed by atoms with E-state index in [1.165, 1.54) is 0 Å². The van der Waals surface area contributed by atoms with E-state index >= 15 is 0 Å². The number of fused-ring (bicyclic) bond motifs is 1. The Hall–Kier alpha value is -2.23. The normalized spacial score (nSPS) is 12.9. The van der Waals surface area contributed by atoms with Gasteiger partial charge in [-0.25, -0.2) is 0 Å². The van der Waals surface area contributed by atoms with Gasteiger partial charge in [-0.05, 0) is 6.42 Å². The molecule has 3 rings (SSSR count). The van der Waals surface area contributed by atoms with Crippen LogP contribution in [0.1, 0.15) is 32.0 Å². The first kappa shape index (κ1) is 11.8. The molecular weight excluding hydrogens is 236 g/mol. The third-order valence-electron chi connectivity index (χ3n) is 3.52. The van der Waals surface area contributed by atoms with E-state index in [0.29, 0.717) is 5.92 Å². The second-order valence-corrected chi connectivity index (χ2v) is 4.80. The molecule has 0 radical (unpaired) electrons. The maximum atomic E-state index is 4.64. The van der Waals surface area contributed by atoms with Gasteiger partial charge in [-0.1, -0.05) is 50.8 Å². The molecule has 96 valence electrons. The highest BCUT2D eigenvalue weighted by Gasteiger charge is 2.17. The van der Waals surface area contributed by atoms with Gasteiger partial charge in [-0.2, -0.15) is 9.61 Å². The average Bonchev–Trinajstić information content (AvgIpc) is 3.00. The first-order valence-corrected chi connectivity index (χ1v) is 6.51. The number of aromatic nitrogens is 4. The second-order valence-electron chi connectivity index (χ2n) is 4.80. The van der Waals surface area contributed by atoms with Crippen molar-refractivity contribution in [2.75, 3.05) is 0 Å². The Kier molecular flexibility index (Phi) is 2.78. The zero-order chi connectivity index (χ0) is 13.4. The number of benzene rings is 1. The van der Waals surface area contributed by atoms with Gasteiger partial charge in [0.1, 0.15) is 5.69 Å². The van der Waals surface area contributed by atoms with Crippen LogP contribution in [0.2, 0.25) is 0 Å². The minimum atomic E-state index is 0.341. The van der Waals surface area contributed by atoms with Crippen LogP contribution in [0, 0.1) is 0 Å². The van der Waals surface area contributed by atoms with Gasteiger partial charge >= 0.3 is 0 Å². The van der Waals surface area contributed by atoms with Crippen LogP contribution < -0.4 is 5.22 Å². The minimum Gasteiger partial charge on any atom is -0.196 e. The summed E-state index contributed by atoms with van der Waals surface area (Å²) in [5.41, 5.74) is 2.71. The summed E-state index contributed by atoms with van der Waals surface area (Å²) in [6.45, 7) is 8.37. The Balaban J connectivity index is 2.22. The van der Waals surface area contributed by atoms with Gasteiger partial charge in [0, 0.05) is 16.7 Å². The molecule has 0 amide bonds. The van der Waals surface area contributed by atoms with E-state index in [0.717, 1.165) is 34.4 Å². The van der Waals surface area contributed by atoms with E-state index in [1.54, 1.807) is 0 Å². The van der Waals surface area contributed by atoms with Gasteiger partial charge in [0.05, 0.1) is 0 Å². The highest BCUT2D eigenvalue weighted by molar-refractivity contribution is 5.65. The number of hydrogen-bond acceptors (Lipinski definition) is 3. The van der Waals surface area contributed by atoms with Crippen LogP contribution in [0.5, 0.6) is 0 Å². The molecule has 0 aliphatic rings. The Bertz CT molecular complexity index is 745. The molecule has 0 aliphatic heterocycles. The van der Waals surface area contributed by atoms with E-state index < -0.39 is 0 Å². The molecule has 2 heterocycles. The molecule has 3 aromatic rings. The average molecular weight is 252 g/mol. The van der Waals surface area contributed by atoms with Crippen molar-refractivity contribution in [3.63, 3.8) is 0 Å². The summed E-state index contributed by atoms with van der Waals surface area (Å²) in [5, 5.41) is 13.9. The van der Waals surface area contributed by atoms with Crippen molar-refractivity contribution < 1.29 is 0 Å². The summed E-state index contributed by atoms with van der Waals surface area (Å²) >= 11 is 0. The lowest BCUT2D eigenvalue weighted by molar-refractivity contribution is 0.651. The summed E-state index contributed by atoms with van der Waals surface area (Å²) in [7, 11) is 0. The molecule has 1 aromatic carbocycles. The third kappa shape index (κ3) is 1.80. The van der Waals surface area contributed by atoms with Crippen LogP contribution in [0.3, 0.4) is 0 Å². The third-order valence-corrected chi connectivity index (χ3v) is 3.52. The van der Waals surface area contributed by atoms with Crippen molar-refractivity contribution in [2.24, 2.45) is 0 Å². The fourth-order valence-corrected chi connectivity index (χ4v) is 2.16. The Labute approximate surface area is 111 Å². The molecule has 0 spiro atoms. The predicted molar refractivity (Wildman–Crippen MR) is 75.7 cm³/mol. The fraction of sp³-hybridized carbons (Fsp3) is 0.267. The smallest absolute Gasteiger partial charge is 0.186 e. The highest BCUT2D eigenvalue weighted by Crippen LogP contribution is 2.19. The van der Waals surface area contributed by atoms with E-state index in [4.69, 9.17) is 0 Å². The van der Waals surface area contributed by atoms with E-state index in [9.17, 15) is 0 Å². The van der Waals surface area contributed by atoms with Crippen molar-refractivity contribution in [1.82, 2.24) is 19.8 Å². The standard InChI is InChI=1S/C15H16N4/c1-4-10(2)14-16-17-15-11(3)13(18-19(14)15)12-8-6-5-7-9-12/h5-10H,3-4H2,1-2H3. The van der Waals surface area contributed by atoms with Crippen molar-refractivity contribution >= 4 is 12.2 Å². The van der Waals surface area contributed by atoms with Gasteiger partial charge in [0.15, 0.2) is 11.5 Å². The molecule has 4 nitrogen and oxygen atoms in total. The van der Waals surface area contributed by atoms with Gasteiger partial charge in [0.25, 0.3) is 0 Å². The second kappa shape index (κ2) is 4.46. The zero-order valence-electron chi connectivity index (χ0n) is 11.2. The van der Waals surface area contributed by atoms with Gasteiger partial charge in [-0.3, -0.25) is 0 Å². The lowest BCUT2D eigenvalue weighted by atomic mass is 10.1. The van der Waals surface area contributed by atoms with Crippen LogP contribution in [0.15, 0.2) is 30.3 Å². The Morgan fingerprint density at radius 1 is 1.21 bits per heavy atom. The summed E-state index contributed by atoms with van der Waals surface area (Å²) in [4.78, 5) is 0. The van der Waals surface area contributed by atoms with Crippen LogP contribution in [0.4, 0.5) is 0 Å². The molecule has 1 atom stereocenters. The molecule has 2 aromatic heterocycles. The lowest BCUT2D eigenvalue weighted by Gasteiger charge is -2.03.